The van der Waals surface area contributed by atoms with Crippen molar-refractivity contribution in [2.45, 2.75) is 11.8 Å². The van der Waals surface area contributed by atoms with Crippen LogP contribution in [0.1, 0.15) is 5.56 Å². The van der Waals surface area contributed by atoms with Crippen LogP contribution in [0.4, 0.5) is 16.2 Å². The fraction of sp³-hybridized carbons (Fsp3) is 0.133. The Kier molecular flexibility index (Phi) is 5.00. The highest BCUT2D eigenvalue weighted by molar-refractivity contribution is 7.98. The summed E-state index contributed by atoms with van der Waals surface area (Å²) in [5.74, 6) is 0.381. The van der Waals surface area contributed by atoms with Crippen molar-refractivity contribution in [1.82, 2.24) is 0 Å². The summed E-state index contributed by atoms with van der Waals surface area (Å²) in [7, 11) is 0. The number of nitrogens with zero attached hydrogens (tertiary/aromatic N) is 1. The molecule has 0 radical (unpaired) electrons. The maximum absolute atomic E-state index is 11.9. The van der Waals surface area contributed by atoms with Gasteiger partial charge >= 0.3 is 6.09 Å². The predicted molar refractivity (Wildman–Crippen MR) is 85.7 cm³/mol. The number of carbonyl (C=O) groups excluding carboxylic acids is 1. The first-order valence-electron chi connectivity index (χ1n) is 6.38. The van der Waals surface area contributed by atoms with Crippen LogP contribution in [0.5, 0.6) is 5.75 Å². The molecule has 0 saturated heterocycles. The Hall–Kier alpha value is -2.54. The molecule has 0 aliphatic carbocycles. The number of nitro benzene ring substituents is 1. The van der Waals surface area contributed by atoms with Crippen molar-refractivity contribution in [1.29, 1.82) is 0 Å². The van der Waals surface area contributed by atoms with E-state index in [-0.39, 0.29) is 11.4 Å². The topological polar surface area (TPSA) is 81.5 Å². The van der Waals surface area contributed by atoms with Gasteiger partial charge in [-0.15, -0.1) is 11.8 Å². The van der Waals surface area contributed by atoms with Crippen LogP contribution in [0, 0.1) is 17.0 Å². The van der Waals surface area contributed by atoms with E-state index in [2.05, 4.69) is 5.32 Å². The minimum Gasteiger partial charge on any atom is -0.410 e. The lowest BCUT2D eigenvalue weighted by molar-refractivity contribution is -0.383. The first-order valence-corrected chi connectivity index (χ1v) is 7.60. The van der Waals surface area contributed by atoms with Gasteiger partial charge in [-0.1, -0.05) is 12.1 Å². The largest absolute Gasteiger partial charge is 0.417 e. The lowest BCUT2D eigenvalue weighted by Crippen LogP contribution is -2.17. The van der Waals surface area contributed by atoms with Crippen LogP contribution in [0.25, 0.3) is 0 Å². The molecule has 0 aromatic heterocycles. The molecule has 0 heterocycles. The number of carbonyl (C=O) groups is 1. The Bertz CT molecular complexity index is 718. The number of amides is 1. The average Bonchev–Trinajstić information content (AvgIpc) is 2.47. The van der Waals surface area contributed by atoms with Crippen molar-refractivity contribution in [3.05, 3.63) is 58.1 Å². The van der Waals surface area contributed by atoms with Gasteiger partial charge in [-0.2, -0.15) is 0 Å². The molecule has 0 saturated carbocycles. The number of nitrogens with one attached hydrogen (secondary N) is 1. The molecule has 0 fully saturated rings. The molecule has 7 heteroatoms. The van der Waals surface area contributed by atoms with Crippen molar-refractivity contribution in [3.63, 3.8) is 0 Å². The van der Waals surface area contributed by atoms with Gasteiger partial charge in [0.05, 0.1) is 4.92 Å². The van der Waals surface area contributed by atoms with Crippen LogP contribution in [0.15, 0.2) is 47.4 Å². The number of hydrogen-bond acceptors (Lipinski definition) is 5. The van der Waals surface area contributed by atoms with E-state index in [1.54, 1.807) is 30.0 Å². The number of anilines is 1. The lowest BCUT2D eigenvalue weighted by atomic mass is 10.2. The van der Waals surface area contributed by atoms with Gasteiger partial charge in [-0.3, -0.25) is 15.4 Å². The Labute approximate surface area is 131 Å². The molecule has 2 rings (SSSR count). The SMILES string of the molecule is CSc1ccc(OC(=O)Nc2ccccc2[N+](=O)[O-])cc1C. The molecule has 114 valence electrons. The number of ether oxygens (including phenoxy) is 1. The Morgan fingerprint density at radius 2 is 2.00 bits per heavy atom. The third kappa shape index (κ3) is 3.76. The minimum atomic E-state index is -0.773. The van der Waals surface area contributed by atoms with Gasteiger partial charge in [0, 0.05) is 11.0 Å². The summed E-state index contributed by atoms with van der Waals surface area (Å²) < 4.78 is 5.15. The molecule has 0 spiro atoms. The first kappa shape index (κ1) is 15.8. The van der Waals surface area contributed by atoms with Crippen LogP contribution in [-0.2, 0) is 0 Å². The van der Waals surface area contributed by atoms with E-state index in [1.807, 2.05) is 19.2 Å². The van der Waals surface area contributed by atoms with Crippen molar-refractivity contribution in [2.24, 2.45) is 0 Å². The third-order valence-electron chi connectivity index (χ3n) is 2.91. The molecular formula is C15H14N2O4S. The summed E-state index contributed by atoms with van der Waals surface area (Å²) in [4.78, 5) is 23.3. The first-order chi connectivity index (χ1) is 10.5. The normalized spacial score (nSPS) is 10.1. The maximum atomic E-state index is 11.9. The molecule has 2 aromatic carbocycles. The monoisotopic (exact) mass is 318 g/mol. The zero-order valence-corrected chi connectivity index (χ0v) is 12.8. The van der Waals surface area contributed by atoms with E-state index in [0.717, 1.165) is 10.5 Å². The molecule has 1 N–H and O–H groups in total. The molecule has 6 nitrogen and oxygen atoms in total. The average molecular weight is 318 g/mol. The van der Waals surface area contributed by atoms with Crippen LogP contribution in [-0.4, -0.2) is 17.3 Å². The second kappa shape index (κ2) is 6.95. The number of hydrogen-bond donors (Lipinski definition) is 1. The second-order valence-electron chi connectivity index (χ2n) is 4.42. The lowest BCUT2D eigenvalue weighted by Gasteiger charge is -2.09. The predicted octanol–water partition coefficient (Wildman–Crippen LogP) is 4.24. The van der Waals surface area contributed by atoms with E-state index in [1.165, 1.54) is 18.2 Å². The van der Waals surface area contributed by atoms with Gasteiger partial charge in [-0.05, 0) is 43.0 Å². The van der Waals surface area contributed by atoms with Gasteiger partial charge < -0.3 is 4.74 Å². The highest BCUT2D eigenvalue weighted by Crippen LogP contribution is 2.26. The van der Waals surface area contributed by atoms with E-state index in [0.29, 0.717) is 5.75 Å². The highest BCUT2D eigenvalue weighted by atomic mass is 32.2. The highest BCUT2D eigenvalue weighted by Gasteiger charge is 2.15. The number of thioether (sulfide) groups is 1. The Balaban J connectivity index is 2.11. The van der Waals surface area contributed by atoms with Crippen LogP contribution >= 0.6 is 11.8 Å². The number of benzene rings is 2. The zero-order valence-electron chi connectivity index (χ0n) is 12.0. The van der Waals surface area contributed by atoms with E-state index < -0.39 is 11.0 Å². The van der Waals surface area contributed by atoms with E-state index >= 15 is 0 Å². The molecule has 2 aromatic rings. The van der Waals surface area contributed by atoms with Crippen molar-refractivity contribution < 1.29 is 14.5 Å². The molecule has 0 bridgehead atoms. The van der Waals surface area contributed by atoms with Crippen LogP contribution in [0.3, 0.4) is 0 Å². The van der Waals surface area contributed by atoms with Crippen molar-refractivity contribution in [3.8, 4) is 5.75 Å². The van der Waals surface area contributed by atoms with Gasteiger partial charge in [0.25, 0.3) is 5.69 Å². The fourth-order valence-corrected chi connectivity index (χ4v) is 2.48. The summed E-state index contributed by atoms with van der Waals surface area (Å²) in [6, 6.07) is 11.2. The molecule has 0 aliphatic heterocycles. The standard InChI is InChI=1S/C15H14N2O4S/c1-10-9-11(7-8-14(10)22-2)21-15(18)16-12-5-3-4-6-13(12)17(19)20/h3-9H,1-2H3,(H,16,18). The van der Waals surface area contributed by atoms with Gasteiger partial charge in [0.1, 0.15) is 11.4 Å². The Morgan fingerprint density at radius 3 is 2.64 bits per heavy atom. The van der Waals surface area contributed by atoms with Crippen molar-refractivity contribution in [2.75, 3.05) is 11.6 Å². The maximum Gasteiger partial charge on any atom is 0.417 e. The molecule has 0 aliphatic rings. The van der Waals surface area contributed by atoms with Crippen LogP contribution < -0.4 is 10.1 Å². The third-order valence-corrected chi connectivity index (χ3v) is 3.81. The van der Waals surface area contributed by atoms with E-state index in [4.69, 9.17) is 4.74 Å². The summed E-state index contributed by atoms with van der Waals surface area (Å²) in [5, 5.41) is 13.3. The molecule has 22 heavy (non-hydrogen) atoms. The second-order valence-corrected chi connectivity index (χ2v) is 5.27. The fourth-order valence-electron chi connectivity index (χ4n) is 1.90. The van der Waals surface area contributed by atoms with Crippen molar-refractivity contribution >= 4 is 29.2 Å². The van der Waals surface area contributed by atoms with Gasteiger partial charge in [0.15, 0.2) is 0 Å². The van der Waals surface area contributed by atoms with Gasteiger partial charge in [0.2, 0.25) is 0 Å². The molecule has 0 atom stereocenters. The number of rotatable bonds is 4. The van der Waals surface area contributed by atoms with E-state index in [9.17, 15) is 14.9 Å². The summed E-state index contributed by atoms with van der Waals surface area (Å²) in [6.07, 6.45) is 1.19. The molecule has 1 amide bonds. The summed E-state index contributed by atoms with van der Waals surface area (Å²) in [5.41, 5.74) is 0.895. The minimum absolute atomic E-state index is 0.0926. The van der Waals surface area contributed by atoms with Crippen LogP contribution in [0.2, 0.25) is 0 Å². The zero-order chi connectivity index (χ0) is 16.1. The number of nitro groups is 1. The Morgan fingerprint density at radius 1 is 1.27 bits per heavy atom. The number of para-hydroxylation sites is 2. The van der Waals surface area contributed by atoms with Gasteiger partial charge in [-0.25, -0.2) is 4.79 Å². The summed E-state index contributed by atoms with van der Waals surface area (Å²) in [6.45, 7) is 1.92. The summed E-state index contributed by atoms with van der Waals surface area (Å²) >= 11 is 1.60. The smallest absolute Gasteiger partial charge is 0.410 e. The molecular weight excluding hydrogens is 304 g/mol. The molecule has 0 unspecified atom stereocenters. The number of aryl methyl sites for hydroxylation is 1. The quantitative estimate of drug-likeness (QED) is 0.518.